The molecule has 0 fully saturated rings. The number of aryl methyl sites for hydroxylation is 1. The largest absolute Gasteiger partial charge is 0.497 e. The third-order valence-corrected chi connectivity index (χ3v) is 5.43. The van der Waals surface area contributed by atoms with Gasteiger partial charge in [-0.1, -0.05) is 41.4 Å². The van der Waals surface area contributed by atoms with E-state index in [1.165, 1.54) is 12.0 Å². The van der Waals surface area contributed by atoms with Crippen molar-refractivity contribution in [2.24, 2.45) is 0 Å². The number of nitrogens with one attached hydrogen (secondary N) is 1. The van der Waals surface area contributed by atoms with Gasteiger partial charge < -0.3 is 14.8 Å². The Hall–Kier alpha value is -3.77. The topological polar surface area (TPSA) is 67.9 Å². The summed E-state index contributed by atoms with van der Waals surface area (Å²) in [6.07, 6.45) is 0. The molecular weight excluding hydrogens is 428 g/mol. The van der Waals surface area contributed by atoms with Gasteiger partial charge in [0.1, 0.15) is 17.2 Å². The van der Waals surface area contributed by atoms with Crippen LogP contribution in [0.1, 0.15) is 11.1 Å². The second-order valence-electron chi connectivity index (χ2n) is 7.23. The van der Waals surface area contributed by atoms with Crippen molar-refractivity contribution in [2.45, 2.75) is 6.92 Å². The number of ether oxygens (including phenoxy) is 2. The molecule has 0 bridgehead atoms. The van der Waals surface area contributed by atoms with Crippen molar-refractivity contribution in [1.29, 1.82) is 0 Å². The summed E-state index contributed by atoms with van der Waals surface area (Å²) >= 11 is 6.03. The van der Waals surface area contributed by atoms with Gasteiger partial charge in [0.2, 0.25) is 0 Å². The number of carbonyl (C=O) groups is 2. The molecule has 7 heteroatoms. The van der Waals surface area contributed by atoms with Gasteiger partial charge in [-0.3, -0.25) is 9.59 Å². The maximum atomic E-state index is 13.5. The van der Waals surface area contributed by atoms with Crippen LogP contribution in [0.5, 0.6) is 11.5 Å². The molecule has 1 aliphatic heterocycles. The zero-order valence-corrected chi connectivity index (χ0v) is 18.6. The molecule has 1 heterocycles. The molecule has 0 radical (unpaired) electrons. The standard InChI is InChI=1S/C25H21ClN2O4/c1-15-4-10-18(11-5-15)28-24(29)22(16-6-8-17(26)9-7-16)23(25(28)30)27-20-13-12-19(31-2)14-21(20)32-3/h4-14,27H,1-3H3. The molecule has 0 aliphatic carbocycles. The molecule has 3 aromatic rings. The van der Waals surface area contributed by atoms with E-state index in [0.717, 1.165) is 5.56 Å². The number of carbonyl (C=O) groups excluding carboxylic acids is 2. The lowest BCUT2D eigenvalue weighted by atomic mass is 10.0. The molecule has 4 rings (SSSR count). The first kappa shape index (κ1) is 21.5. The van der Waals surface area contributed by atoms with E-state index < -0.39 is 11.8 Å². The molecule has 6 nitrogen and oxygen atoms in total. The minimum atomic E-state index is -0.457. The average molecular weight is 449 g/mol. The van der Waals surface area contributed by atoms with Crippen molar-refractivity contribution in [1.82, 2.24) is 0 Å². The molecule has 0 spiro atoms. The fourth-order valence-corrected chi connectivity index (χ4v) is 3.62. The van der Waals surface area contributed by atoms with Gasteiger partial charge in [0.15, 0.2) is 0 Å². The van der Waals surface area contributed by atoms with Gasteiger partial charge in [-0.2, -0.15) is 0 Å². The number of imide groups is 1. The summed E-state index contributed by atoms with van der Waals surface area (Å²) < 4.78 is 10.7. The number of benzene rings is 3. The van der Waals surface area contributed by atoms with Gasteiger partial charge in [-0.05, 0) is 48.9 Å². The van der Waals surface area contributed by atoms with Crippen LogP contribution >= 0.6 is 11.6 Å². The number of methoxy groups -OCH3 is 2. The Morgan fingerprint density at radius 3 is 2.16 bits per heavy atom. The van der Waals surface area contributed by atoms with Crippen molar-refractivity contribution in [3.05, 3.63) is 88.6 Å². The second kappa shape index (κ2) is 8.77. The zero-order chi connectivity index (χ0) is 22.8. The van der Waals surface area contributed by atoms with Crippen molar-refractivity contribution < 1.29 is 19.1 Å². The fraction of sp³-hybridized carbons (Fsp3) is 0.120. The minimum Gasteiger partial charge on any atom is -0.497 e. The van der Waals surface area contributed by atoms with Crippen molar-refractivity contribution >= 4 is 40.4 Å². The number of hydrogen-bond donors (Lipinski definition) is 1. The van der Waals surface area contributed by atoms with E-state index in [-0.39, 0.29) is 11.3 Å². The summed E-state index contributed by atoms with van der Waals surface area (Å²) in [5.41, 5.74) is 3.04. The van der Waals surface area contributed by atoms with Crippen LogP contribution in [0.25, 0.3) is 5.57 Å². The first-order valence-electron chi connectivity index (χ1n) is 9.87. The van der Waals surface area contributed by atoms with E-state index in [0.29, 0.717) is 33.5 Å². The Bertz CT molecular complexity index is 1220. The lowest BCUT2D eigenvalue weighted by Crippen LogP contribution is -2.32. The molecule has 1 N–H and O–H groups in total. The highest BCUT2D eigenvalue weighted by molar-refractivity contribution is 6.46. The summed E-state index contributed by atoms with van der Waals surface area (Å²) in [5, 5.41) is 3.66. The predicted octanol–water partition coefficient (Wildman–Crippen LogP) is 5.06. The summed E-state index contributed by atoms with van der Waals surface area (Å²) in [7, 11) is 3.08. The van der Waals surface area contributed by atoms with E-state index >= 15 is 0 Å². The van der Waals surface area contributed by atoms with E-state index in [1.54, 1.807) is 61.7 Å². The third kappa shape index (κ3) is 3.92. The Labute approximate surface area is 191 Å². The molecule has 0 saturated carbocycles. The monoisotopic (exact) mass is 448 g/mol. The van der Waals surface area contributed by atoms with Gasteiger partial charge in [0.25, 0.3) is 11.8 Å². The smallest absolute Gasteiger partial charge is 0.282 e. The van der Waals surface area contributed by atoms with Gasteiger partial charge in [0.05, 0.1) is 31.2 Å². The normalized spacial score (nSPS) is 13.6. The van der Waals surface area contributed by atoms with Crippen LogP contribution in [-0.4, -0.2) is 26.0 Å². The molecule has 3 aromatic carbocycles. The molecular formula is C25H21ClN2O4. The number of rotatable bonds is 6. The number of amides is 2. The first-order chi connectivity index (χ1) is 15.4. The average Bonchev–Trinajstić information content (AvgIpc) is 3.04. The Balaban J connectivity index is 1.82. The van der Waals surface area contributed by atoms with E-state index in [4.69, 9.17) is 21.1 Å². The van der Waals surface area contributed by atoms with E-state index in [1.807, 2.05) is 19.1 Å². The Morgan fingerprint density at radius 1 is 0.844 bits per heavy atom. The quantitative estimate of drug-likeness (QED) is 0.534. The van der Waals surface area contributed by atoms with E-state index in [9.17, 15) is 9.59 Å². The maximum absolute atomic E-state index is 13.5. The summed E-state index contributed by atoms with van der Waals surface area (Å²) in [6, 6.07) is 19.2. The Kier molecular flexibility index (Phi) is 5.88. The van der Waals surface area contributed by atoms with Crippen LogP contribution < -0.4 is 19.7 Å². The molecule has 0 aromatic heterocycles. The molecule has 32 heavy (non-hydrogen) atoms. The third-order valence-electron chi connectivity index (χ3n) is 5.18. The highest BCUT2D eigenvalue weighted by Gasteiger charge is 2.40. The molecule has 2 amide bonds. The van der Waals surface area contributed by atoms with Crippen LogP contribution in [0, 0.1) is 6.92 Å². The molecule has 0 saturated heterocycles. The molecule has 162 valence electrons. The van der Waals surface area contributed by atoms with Crippen LogP contribution in [0.3, 0.4) is 0 Å². The minimum absolute atomic E-state index is 0.154. The maximum Gasteiger partial charge on any atom is 0.282 e. The highest BCUT2D eigenvalue weighted by atomic mass is 35.5. The van der Waals surface area contributed by atoms with Gasteiger partial charge in [-0.15, -0.1) is 0 Å². The van der Waals surface area contributed by atoms with Gasteiger partial charge >= 0.3 is 0 Å². The Morgan fingerprint density at radius 2 is 1.53 bits per heavy atom. The van der Waals surface area contributed by atoms with Crippen molar-refractivity contribution in [3.63, 3.8) is 0 Å². The molecule has 0 atom stereocenters. The van der Waals surface area contributed by atoms with Crippen LogP contribution in [0.15, 0.2) is 72.4 Å². The summed E-state index contributed by atoms with van der Waals surface area (Å²) in [5.74, 6) is 0.202. The van der Waals surface area contributed by atoms with Crippen LogP contribution in [0.2, 0.25) is 5.02 Å². The summed E-state index contributed by atoms with van der Waals surface area (Å²) in [6.45, 7) is 1.94. The number of nitrogens with zero attached hydrogens (tertiary/aromatic N) is 1. The van der Waals surface area contributed by atoms with E-state index in [2.05, 4.69) is 5.32 Å². The first-order valence-corrected chi connectivity index (χ1v) is 10.3. The van der Waals surface area contributed by atoms with Crippen molar-refractivity contribution in [3.8, 4) is 11.5 Å². The summed E-state index contributed by atoms with van der Waals surface area (Å²) in [4.78, 5) is 28.1. The SMILES string of the molecule is COc1ccc(NC2=C(c3ccc(Cl)cc3)C(=O)N(c3ccc(C)cc3)C2=O)c(OC)c1. The van der Waals surface area contributed by atoms with Gasteiger partial charge in [-0.25, -0.2) is 4.90 Å². The van der Waals surface area contributed by atoms with Crippen molar-refractivity contribution in [2.75, 3.05) is 24.4 Å². The number of anilines is 2. The highest BCUT2D eigenvalue weighted by Crippen LogP contribution is 2.37. The lowest BCUT2D eigenvalue weighted by molar-refractivity contribution is -0.120. The predicted molar refractivity (Wildman–Crippen MR) is 125 cm³/mol. The molecule has 1 aliphatic rings. The number of halogens is 1. The van der Waals surface area contributed by atoms with Crippen LogP contribution in [0.4, 0.5) is 11.4 Å². The zero-order valence-electron chi connectivity index (χ0n) is 17.8. The second-order valence-corrected chi connectivity index (χ2v) is 7.67. The fourth-order valence-electron chi connectivity index (χ4n) is 3.49. The molecule has 0 unspecified atom stereocenters. The lowest BCUT2D eigenvalue weighted by Gasteiger charge is -2.16. The van der Waals surface area contributed by atoms with Gasteiger partial charge in [0, 0.05) is 11.1 Å². The van der Waals surface area contributed by atoms with Crippen LogP contribution in [-0.2, 0) is 9.59 Å². The number of hydrogen-bond acceptors (Lipinski definition) is 5.